The summed E-state index contributed by atoms with van der Waals surface area (Å²) in [4.78, 5) is 2.62. The largest absolute Gasteiger partial charge is 0.456 e. The summed E-state index contributed by atoms with van der Waals surface area (Å²) in [5.74, 6) is 1.82. The molecule has 8 rings (SSSR count). The molecule has 7 aromatic rings. The average molecular weight is 483 g/mol. The van der Waals surface area contributed by atoms with Gasteiger partial charge in [-0.25, -0.2) is 0 Å². The van der Waals surface area contributed by atoms with E-state index in [0.717, 1.165) is 22.6 Å². The summed E-state index contributed by atoms with van der Waals surface area (Å²) >= 11 is 3.69. The molecule has 0 aliphatic carbocycles. The van der Waals surface area contributed by atoms with Crippen LogP contribution in [-0.4, -0.2) is 0 Å². The van der Waals surface area contributed by atoms with E-state index >= 15 is 0 Å². The summed E-state index contributed by atoms with van der Waals surface area (Å²) < 4.78 is 9.19. The molecule has 164 valence electrons. The fraction of sp³-hybridized carbons (Fsp3) is 0. The minimum absolute atomic E-state index is 0.907. The van der Waals surface area contributed by atoms with Crippen LogP contribution in [0.2, 0.25) is 0 Å². The van der Waals surface area contributed by atoms with Gasteiger partial charge < -0.3 is 4.42 Å². The first-order chi connectivity index (χ1) is 17.3. The molecule has 0 bridgehead atoms. The summed E-state index contributed by atoms with van der Waals surface area (Å²) in [6.07, 6.45) is 0. The van der Waals surface area contributed by atoms with Gasteiger partial charge in [0.2, 0.25) is 0 Å². The van der Waals surface area contributed by atoms with Crippen molar-refractivity contribution in [2.45, 2.75) is 9.79 Å². The zero-order valence-electron chi connectivity index (χ0n) is 18.6. The second kappa shape index (κ2) is 7.35. The van der Waals surface area contributed by atoms with Gasteiger partial charge in [-0.2, -0.15) is 0 Å². The summed E-state index contributed by atoms with van der Waals surface area (Å²) in [7, 11) is 0. The van der Waals surface area contributed by atoms with Gasteiger partial charge in [0.15, 0.2) is 0 Å². The van der Waals surface area contributed by atoms with Gasteiger partial charge in [0.1, 0.15) is 11.5 Å². The van der Waals surface area contributed by atoms with E-state index in [0.29, 0.717) is 0 Å². The smallest absolute Gasteiger partial charge is 0.135 e. The topological polar surface area (TPSA) is 13.1 Å². The average Bonchev–Trinajstić information content (AvgIpc) is 3.54. The Kier molecular flexibility index (Phi) is 4.10. The van der Waals surface area contributed by atoms with Crippen molar-refractivity contribution in [3.63, 3.8) is 0 Å². The fourth-order valence-corrected chi connectivity index (χ4v) is 7.66. The number of furan rings is 1. The number of fused-ring (bicyclic) bond motifs is 5. The second-order valence-corrected chi connectivity index (χ2v) is 11.0. The Labute approximate surface area is 210 Å². The Hall–Kier alpha value is -3.79. The van der Waals surface area contributed by atoms with Crippen molar-refractivity contribution in [2.24, 2.45) is 0 Å². The molecule has 3 heteroatoms. The van der Waals surface area contributed by atoms with E-state index < -0.39 is 0 Å². The van der Waals surface area contributed by atoms with Crippen molar-refractivity contribution in [2.75, 3.05) is 0 Å². The van der Waals surface area contributed by atoms with Gasteiger partial charge in [-0.05, 0) is 59.0 Å². The van der Waals surface area contributed by atoms with Crippen molar-refractivity contribution < 1.29 is 4.42 Å². The SMILES string of the molecule is c1ccc2c(c1)Sc1ccc(-c3ccc(-c4cccc5sc6ccccc6c45)o3)c3cccc-2c13. The highest BCUT2D eigenvalue weighted by atomic mass is 32.2. The first kappa shape index (κ1) is 19.5. The predicted molar refractivity (Wildman–Crippen MR) is 150 cm³/mol. The third kappa shape index (κ3) is 2.83. The van der Waals surface area contributed by atoms with Crippen molar-refractivity contribution in [3.05, 3.63) is 109 Å². The Bertz CT molecular complexity index is 1940. The molecule has 0 radical (unpaired) electrons. The summed E-state index contributed by atoms with van der Waals surface area (Å²) in [5, 5.41) is 5.12. The van der Waals surface area contributed by atoms with Gasteiger partial charge in [-0.1, -0.05) is 78.5 Å². The van der Waals surface area contributed by atoms with Crippen LogP contribution < -0.4 is 0 Å². The van der Waals surface area contributed by atoms with E-state index in [2.05, 4.69) is 109 Å². The summed E-state index contributed by atoms with van der Waals surface area (Å²) in [5.41, 5.74) is 4.90. The molecule has 0 saturated carbocycles. The lowest BCUT2D eigenvalue weighted by molar-refractivity contribution is 0.598. The normalized spacial score (nSPS) is 12.5. The molecule has 1 aliphatic heterocycles. The van der Waals surface area contributed by atoms with Crippen molar-refractivity contribution in [3.8, 4) is 33.8 Å². The highest BCUT2D eigenvalue weighted by Crippen LogP contribution is 2.50. The van der Waals surface area contributed by atoms with Crippen LogP contribution in [0.1, 0.15) is 0 Å². The second-order valence-electron chi connectivity index (χ2n) is 8.88. The third-order valence-electron chi connectivity index (χ3n) is 6.94. The van der Waals surface area contributed by atoms with Crippen LogP contribution >= 0.6 is 23.1 Å². The van der Waals surface area contributed by atoms with Gasteiger partial charge in [-0.15, -0.1) is 11.3 Å². The molecule has 0 fully saturated rings. The minimum Gasteiger partial charge on any atom is -0.456 e. The third-order valence-corrected chi connectivity index (χ3v) is 9.21. The van der Waals surface area contributed by atoms with E-state index in [4.69, 9.17) is 4.42 Å². The highest BCUT2D eigenvalue weighted by Gasteiger charge is 2.21. The number of hydrogen-bond donors (Lipinski definition) is 0. The van der Waals surface area contributed by atoms with Gasteiger partial charge in [0.05, 0.1) is 0 Å². The Morgan fingerprint density at radius 1 is 0.429 bits per heavy atom. The Morgan fingerprint density at radius 2 is 1.14 bits per heavy atom. The predicted octanol–water partition coefficient (Wildman–Crippen LogP) is 10.3. The van der Waals surface area contributed by atoms with Crippen LogP contribution in [0.5, 0.6) is 0 Å². The van der Waals surface area contributed by atoms with Crippen LogP contribution in [0.25, 0.3) is 64.7 Å². The lowest BCUT2D eigenvalue weighted by Gasteiger charge is -2.21. The molecule has 0 unspecified atom stereocenters. The van der Waals surface area contributed by atoms with Gasteiger partial charge >= 0.3 is 0 Å². The first-order valence-corrected chi connectivity index (χ1v) is 13.3. The lowest BCUT2D eigenvalue weighted by atomic mass is 9.94. The quantitative estimate of drug-likeness (QED) is 0.243. The van der Waals surface area contributed by atoms with E-state index in [1.54, 1.807) is 0 Å². The molecule has 35 heavy (non-hydrogen) atoms. The number of thiophene rings is 1. The van der Waals surface area contributed by atoms with Crippen molar-refractivity contribution >= 4 is 54.0 Å². The van der Waals surface area contributed by atoms with Crippen LogP contribution in [-0.2, 0) is 0 Å². The standard InChI is InChI=1S/C32H18OS2/c1-3-12-27-20(7-1)22-10-5-9-21-19(15-18-30(34-27)31(21)22)25-16-17-26(33-25)23-11-6-14-29-32(23)24-8-2-4-13-28(24)35-29/h1-18H. The van der Waals surface area contributed by atoms with E-state index in [-0.39, 0.29) is 0 Å². The van der Waals surface area contributed by atoms with Gasteiger partial charge in [0.25, 0.3) is 0 Å². The molecule has 0 amide bonds. The minimum atomic E-state index is 0.907. The molecule has 0 N–H and O–H groups in total. The molecule has 3 heterocycles. The molecule has 0 atom stereocenters. The maximum absolute atomic E-state index is 6.59. The zero-order valence-corrected chi connectivity index (χ0v) is 20.3. The molecule has 0 spiro atoms. The molecule has 0 saturated heterocycles. The van der Waals surface area contributed by atoms with Crippen LogP contribution in [0, 0.1) is 0 Å². The van der Waals surface area contributed by atoms with Gasteiger partial charge in [0, 0.05) is 46.5 Å². The summed E-state index contributed by atoms with van der Waals surface area (Å²) in [6.45, 7) is 0. The fourth-order valence-electron chi connectivity index (χ4n) is 5.40. The van der Waals surface area contributed by atoms with Crippen molar-refractivity contribution in [1.29, 1.82) is 0 Å². The molecular formula is C32H18OS2. The Balaban J connectivity index is 1.33. The number of benzene rings is 5. The van der Waals surface area contributed by atoms with E-state index in [9.17, 15) is 0 Å². The molecular weight excluding hydrogens is 464 g/mol. The molecule has 1 nitrogen and oxygen atoms in total. The van der Waals surface area contributed by atoms with Gasteiger partial charge in [-0.3, -0.25) is 0 Å². The lowest BCUT2D eigenvalue weighted by Crippen LogP contribution is -1.93. The highest BCUT2D eigenvalue weighted by molar-refractivity contribution is 7.99. The number of hydrogen-bond acceptors (Lipinski definition) is 3. The summed E-state index contributed by atoms with van der Waals surface area (Å²) in [6, 6.07) is 39.2. The maximum atomic E-state index is 6.59. The van der Waals surface area contributed by atoms with Crippen LogP contribution in [0.4, 0.5) is 0 Å². The van der Waals surface area contributed by atoms with E-state index in [1.165, 1.54) is 51.9 Å². The molecule has 5 aromatic carbocycles. The molecule has 2 aromatic heterocycles. The monoisotopic (exact) mass is 482 g/mol. The maximum Gasteiger partial charge on any atom is 0.135 e. The zero-order chi connectivity index (χ0) is 22.9. The Morgan fingerprint density at radius 3 is 2.11 bits per heavy atom. The van der Waals surface area contributed by atoms with Crippen LogP contribution in [0.15, 0.2) is 123 Å². The van der Waals surface area contributed by atoms with Crippen LogP contribution in [0.3, 0.4) is 0 Å². The first-order valence-electron chi connectivity index (χ1n) is 11.7. The number of rotatable bonds is 2. The van der Waals surface area contributed by atoms with Crippen molar-refractivity contribution in [1.82, 2.24) is 0 Å². The molecule has 1 aliphatic rings. The van der Waals surface area contributed by atoms with E-state index in [1.807, 2.05) is 23.1 Å².